The zero-order valence-electron chi connectivity index (χ0n) is 8.33. The summed E-state index contributed by atoms with van der Waals surface area (Å²) in [5, 5.41) is 10.4. The lowest BCUT2D eigenvalue weighted by Gasteiger charge is -2.02. The standard InChI is InChI=1S/C11H9NO4/c13-12(14)10-3-1-9(2-4-10)7-16-11-5-6-15-8-11/h1-6,8H,7H2. The van der Waals surface area contributed by atoms with E-state index in [2.05, 4.69) is 0 Å². The molecule has 0 spiro atoms. The van der Waals surface area contributed by atoms with Gasteiger partial charge in [-0.2, -0.15) is 0 Å². The van der Waals surface area contributed by atoms with Crippen LogP contribution in [0.2, 0.25) is 0 Å². The van der Waals surface area contributed by atoms with E-state index in [0.29, 0.717) is 12.4 Å². The Morgan fingerprint density at radius 2 is 2.00 bits per heavy atom. The first-order valence-corrected chi connectivity index (χ1v) is 4.64. The number of non-ortho nitro benzene ring substituents is 1. The molecule has 82 valence electrons. The van der Waals surface area contributed by atoms with Crippen molar-refractivity contribution in [2.24, 2.45) is 0 Å². The second-order valence-electron chi connectivity index (χ2n) is 3.17. The van der Waals surface area contributed by atoms with E-state index in [0.717, 1.165) is 5.56 Å². The normalized spacial score (nSPS) is 10.0. The van der Waals surface area contributed by atoms with Crippen LogP contribution in [-0.4, -0.2) is 4.92 Å². The van der Waals surface area contributed by atoms with Crippen LogP contribution in [0, 0.1) is 10.1 Å². The molecule has 2 aromatic rings. The highest BCUT2D eigenvalue weighted by Gasteiger charge is 2.04. The fraction of sp³-hybridized carbons (Fsp3) is 0.0909. The maximum absolute atomic E-state index is 10.4. The number of rotatable bonds is 4. The Balaban J connectivity index is 1.98. The molecule has 5 nitrogen and oxygen atoms in total. The van der Waals surface area contributed by atoms with Crippen LogP contribution in [0.5, 0.6) is 5.75 Å². The van der Waals surface area contributed by atoms with Crippen molar-refractivity contribution in [1.82, 2.24) is 0 Å². The van der Waals surface area contributed by atoms with Crippen LogP contribution in [0.15, 0.2) is 47.3 Å². The summed E-state index contributed by atoms with van der Waals surface area (Å²) in [5.41, 5.74) is 0.943. The molecule has 1 aromatic heterocycles. The van der Waals surface area contributed by atoms with Gasteiger partial charge < -0.3 is 9.15 Å². The van der Waals surface area contributed by atoms with Crippen molar-refractivity contribution in [2.75, 3.05) is 0 Å². The lowest BCUT2D eigenvalue weighted by Crippen LogP contribution is -1.95. The van der Waals surface area contributed by atoms with Gasteiger partial charge in [0.1, 0.15) is 12.9 Å². The minimum atomic E-state index is -0.430. The predicted octanol–water partition coefficient (Wildman–Crippen LogP) is 2.77. The van der Waals surface area contributed by atoms with Crippen molar-refractivity contribution in [3.63, 3.8) is 0 Å². The molecule has 0 radical (unpaired) electrons. The summed E-state index contributed by atoms with van der Waals surface area (Å²) in [4.78, 5) is 9.99. The third kappa shape index (κ3) is 2.38. The fourth-order valence-electron chi connectivity index (χ4n) is 1.21. The molecule has 0 unspecified atom stereocenters. The number of nitro groups is 1. The molecule has 0 aliphatic heterocycles. The summed E-state index contributed by atoms with van der Waals surface area (Å²) in [6.07, 6.45) is 3.01. The SMILES string of the molecule is O=[N+]([O-])c1ccc(COc2ccoc2)cc1. The molecule has 5 heteroatoms. The highest BCUT2D eigenvalue weighted by molar-refractivity contribution is 5.32. The van der Waals surface area contributed by atoms with Crippen molar-refractivity contribution in [1.29, 1.82) is 0 Å². The number of furan rings is 1. The van der Waals surface area contributed by atoms with Crippen LogP contribution in [0.3, 0.4) is 0 Å². The Bertz CT molecular complexity index is 461. The second kappa shape index (κ2) is 4.48. The largest absolute Gasteiger partial charge is 0.486 e. The van der Waals surface area contributed by atoms with E-state index in [1.54, 1.807) is 18.2 Å². The minimum absolute atomic E-state index is 0.0760. The van der Waals surface area contributed by atoms with Crippen molar-refractivity contribution in [2.45, 2.75) is 6.61 Å². The average molecular weight is 219 g/mol. The summed E-state index contributed by atoms with van der Waals surface area (Å²) in [7, 11) is 0. The Kier molecular flexibility index (Phi) is 2.86. The molecule has 0 aliphatic rings. The number of benzene rings is 1. The first kappa shape index (κ1) is 10.2. The monoisotopic (exact) mass is 219 g/mol. The molecule has 0 saturated heterocycles. The second-order valence-corrected chi connectivity index (χ2v) is 3.17. The van der Waals surface area contributed by atoms with E-state index in [-0.39, 0.29) is 5.69 Å². The molecule has 0 bridgehead atoms. The first-order valence-electron chi connectivity index (χ1n) is 4.64. The van der Waals surface area contributed by atoms with Crippen LogP contribution in [0.1, 0.15) is 5.56 Å². The van der Waals surface area contributed by atoms with Crippen molar-refractivity contribution < 1.29 is 14.1 Å². The Morgan fingerprint density at radius 3 is 2.56 bits per heavy atom. The van der Waals surface area contributed by atoms with Crippen LogP contribution < -0.4 is 4.74 Å². The molecule has 16 heavy (non-hydrogen) atoms. The Hall–Kier alpha value is -2.30. The number of hydrogen-bond donors (Lipinski definition) is 0. The summed E-state index contributed by atoms with van der Waals surface area (Å²) < 4.78 is 10.2. The summed E-state index contributed by atoms with van der Waals surface area (Å²) in [6.45, 7) is 0.359. The lowest BCUT2D eigenvalue weighted by atomic mass is 10.2. The Morgan fingerprint density at radius 1 is 1.25 bits per heavy atom. The van der Waals surface area contributed by atoms with Crippen LogP contribution in [0.25, 0.3) is 0 Å². The van der Waals surface area contributed by atoms with Gasteiger partial charge in [0, 0.05) is 18.2 Å². The number of ether oxygens (including phenoxy) is 1. The predicted molar refractivity (Wildman–Crippen MR) is 56.1 cm³/mol. The number of hydrogen-bond acceptors (Lipinski definition) is 4. The molecule has 0 N–H and O–H groups in total. The number of nitrogens with zero attached hydrogens (tertiary/aromatic N) is 1. The summed E-state index contributed by atoms with van der Waals surface area (Å²) in [5.74, 6) is 0.637. The smallest absolute Gasteiger partial charge is 0.269 e. The summed E-state index contributed by atoms with van der Waals surface area (Å²) in [6, 6.07) is 7.93. The highest BCUT2D eigenvalue weighted by Crippen LogP contribution is 2.15. The molecule has 2 rings (SSSR count). The van der Waals surface area contributed by atoms with E-state index in [4.69, 9.17) is 9.15 Å². The van der Waals surface area contributed by atoms with Gasteiger partial charge in [0.05, 0.1) is 11.2 Å². The Labute approximate surface area is 91.4 Å². The molecule has 1 aromatic carbocycles. The van der Waals surface area contributed by atoms with Crippen LogP contribution >= 0.6 is 0 Å². The molecule has 0 saturated carbocycles. The van der Waals surface area contributed by atoms with E-state index < -0.39 is 4.92 Å². The quantitative estimate of drug-likeness (QED) is 0.585. The highest BCUT2D eigenvalue weighted by atomic mass is 16.6. The van der Waals surface area contributed by atoms with Crippen molar-refractivity contribution >= 4 is 5.69 Å². The average Bonchev–Trinajstić information content (AvgIpc) is 2.80. The first-order chi connectivity index (χ1) is 7.75. The van der Waals surface area contributed by atoms with Gasteiger partial charge in [0.15, 0.2) is 5.75 Å². The van der Waals surface area contributed by atoms with Gasteiger partial charge in [0.2, 0.25) is 0 Å². The molecule has 0 fully saturated rings. The maximum atomic E-state index is 10.4. The minimum Gasteiger partial charge on any atom is -0.486 e. The van der Waals surface area contributed by atoms with E-state index in [1.165, 1.54) is 24.7 Å². The van der Waals surface area contributed by atoms with Gasteiger partial charge in [-0.3, -0.25) is 10.1 Å². The fourth-order valence-corrected chi connectivity index (χ4v) is 1.21. The van der Waals surface area contributed by atoms with Crippen LogP contribution in [0.4, 0.5) is 5.69 Å². The van der Waals surface area contributed by atoms with Gasteiger partial charge in [-0.15, -0.1) is 0 Å². The molecule has 0 aliphatic carbocycles. The zero-order valence-corrected chi connectivity index (χ0v) is 8.33. The van der Waals surface area contributed by atoms with Gasteiger partial charge in [-0.05, 0) is 17.7 Å². The van der Waals surface area contributed by atoms with E-state index in [1.807, 2.05) is 0 Å². The molecule has 0 amide bonds. The third-order valence-corrected chi connectivity index (χ3v) is 2.05. The van der Waals surface area contributed by atoms with Crippen LogP contribution in [-0.2, 0) is 6.61 Å². The number of nitro benzene ring substituents is 1. The summed E-state index contributed by atoms with van der Waals surface area (Å²) >= 11 is 0. The van der Waals surface area contributed by atoms with Crippen molar-refractivity contribution in [3.8, 4) is 5.75 Å². The molecule has 0 atom stereocenters. The van der Waals surface area contributed by atoms with Gasteiger partial charge in [-0.25, -0.2) is 0 Å². The topological polar surface area (TPSA) is 65.5 Å². The molecular weight excluding hydrogens is 210 g/mol. The van der Waals surface area contributed by atoms with Gasteiger partial charge in [0.25, 0.3) is 5.69 Å². The van der Waals surface area contributed by atoms with E-state index in [9.17, 15) is 10.1 Å². The molecular formula is C11H9NO4. The molecule has 1 heterocycles. The van der Waals surface area contributed by atoms with Gasteiger partial charge >= 0.3 is 0 Å². The van der Waals surface area contributed by atoms with Crippen molar-refractivity contribution in [3.05, 3.63) is 58.5 Å². The third-order valence-electron chi connectivity index (χ3n) is 2.05. The van der Waals surface area contributed by atoms with E-state index >= 15 is 0 Å². The zero-order chi connectivity index (χ0) is 11.4. The lowest BCUT2D eigenvalue weighted by molar-refractivity contribution is -0.384. The maximum Gasteiger partial charge on any atom is 0.269 e. The van der Waals surface area contributed by atoms with Gasteiger partial charge in [-0.1, -0.05) is 0 Å².